The molecule has 1 aliphatic rings. The number of sulfone groups is 1. The van der Waals surface area contributed by atoms with Gasteiger partial charge in [0.05, 0.1) is 10.9 Å². The van der Waals surface area contributed by atoms with Gasteiger partial charge in [-0.1, -0.05) is 12.1 Å². The molecule has 10 heteroatoms. The number of carbonyl (C=O) groups is 1. The summed E-state index contributed by atoms with van der Waals surface area (Å²) in [4.78, 5) is 22.3. The van der Waals surface area contributed by atoms with E-state index in [1.165, 1.54) is 6.26 Å². The lowest BCUT2D eigenvalue weighted by molar-refractivity contribution is -0.364. The van der Waals surface area contributed by atoms with Gasteiger partial charge in [0.25, 0.3) is 0 Å². The molecular formula is C24H31N4O4S2+. The summed E-state index contributed by atoms with van der Waals surface area (Å²) in [5.41, 5.74) is 2.25. The summed E-state index contributed by atoms with van der Waals surface area (Å²) in [5, 5.41) is 5.67. The Morgan fingerprint density at radius 3 is 2.62 bits per heavy atom. The van der Waals surface area contributed by atoms with E-state index in [2.05, 4.69) is 15.3 Å². The van der Waals surface area contributed by atoms with Crippen LogP contribution in [0.5, 0.6) is 0 Å². The van der Waals surface area contributed by atoms with E-state index >= 15 is 0 Å². The predicted molar refractivity (Wildman–Crippen MR) is 134 cm³/mol. The van der Waals surface area contributed by atoms with Crippen molar-refractivity contribution in [2.24, 2.45) is 0 Å². The Balaban J connectivity index is 1.50. The normalized spacial score (nSPS) is 17.4. The highest BCUT2D eigenvalue weighted by atomic mass is 32.2. The number of aromatic amines is 1. The number of benzene rings is 1. The molecule has 3 aromatic rings. The predicted octanol–water partition coefficient (Wildman–Crippen LogP) is 4.38. The second-order valence-corrected chi connectivity index (χ2v) is 12.5. The Morgan fingerprint density at radius 2 is 1.94 bits per heavy atom. The zero-order chi connectivity index (χ0) is 24.5. The van der Waals surface area contributed by atoms with Crippen LogP contribution in [0.25, 0.3) is 21.3 Å². The molecule has 2 N–H and O–H groups in total. The molecule has 34 heavy (non-hydrogen) atoms. The minimum Gasteiger partial charge on any atom is -0.444 e. The first-order chi connectivity index (χ1) is 16.0. The Kier molecular flexibility index (Phi) is 6.82. The quantitative estimate of drug-likeness (QED) is 0.567. The van der Waals surface area contributed by atoms with Gasteiger partial charge in [-0.05, 0) is 57.7 Å². The van der Waals surface area contributed by atoms with Crippen molar-refractivity contribution in [2.45, 2.75) is 56.6 Å². The molecular weight excluding hydrogens is 472 g/mol. The molecule has 0 radical (unpaired) electrons. The van der Waals surface area contributed by atoms with Gasteiger partial charge < -0.3 is 15.0 Å². The summed E-state index contributed by atoms with van der Waals surface area (Å²) in [6, 6.07) is 7.11. The van der Waals surface area contributed by atoms with E-state index in [1.807, 2.05) is 38.3 Å². The van der Waals surface area contributed by atoms with Gasteiger partial charge >= 0.3 is 6.09 Å². The minimum atomic E-state index is -3.24. The van der Waals surface area contributed by atoms with Crippen LogP contribution in [-0.2, 0) is 14.6 Å². The summed E-state index contributed by atoms with van der Waals surface area (Å²) in [6.45, 7) is 6.98. The molecule has 0 saturated carbocycles. The van der Waals surface area contributed by atoms with Gasteiger partial charge in [0.15, 0.2) is 15.4 Å². The standard InChI is InChI=1S/C24H30N4O4S2/c1-24(2,3)32-23(29)28-12-5-6-17(11-13-28)27-22-21-20(25-15-26-22)19(14-33-21)16-7-9-18(10-8-16)34(4,30)31/h7-10,14-15,17H,5-6,11-13H2,1-4H3,(H,25,26,27)/p+1. The summed E-state index contributed by atoms with van der Waals surface area (Å²) in [5.74, 6) is 0.907. The molecule has 4 rings (SSSR count). The number of rotatable bonds is 4. The maximum absolute atomic E-state index is 12.5. The van der Waals surface area contributed by atoms with Crippen LogP contribution in [-0.4, -0.2) is 55.4 Å². The molecule has 0 spiro atoms. The van der Waals surface area contributed by atoms with E-state index in [0.29, 0.717) is 18.0 Å². The molecule has 1 saturated heterocycles. The number of aromatic nitrogens is 2. The smallest absolute Gasteiger partial charge is 0.410 e. The summed E-state index contributed by atoms with van der Waals surface area (Å²) >= 11 is 1.59. The summed E-state index contributed by atoms with van der Waals surface area (Å²) < 4.78 is 30.1. The van der Waals surface area contributed by atoms with Crippen molar-refractivity contribution in [3.8, 4) is 11.1 Å². The third kappa shape index (κ3) is 5.67. The van der Waals surface area contributed by atoms with Crippen molar-refractivity contribution in [1.82, 2.24) is 9.88 Å². The lowest BCUT2D eigenvalue weighted by Crippen LogP contribution is -2.37. The molecule has 8 nitrogen and oxygen atoms in total. The number of anilines is 1. The van der Waals surface area contributed by atoms with E-state index in [0.717, 1.165) is 46.4 Å². The highest BCUT2D eigenvalue weighted by molar-refractivity contribution is 7.90. The number of likely N-dealkylation sites (tertiary alicyclic amines) is 1. The van der Waals surface area contributed by atoms with Crippen molar-refractivity contribution in [3.63, 3.8) is 0 Å². The van der Waals surface area contributed by atoms with Gasteiger partial charge in [0, 0.05) is 30.3 Å². The second-order valence-electron chi connectivity index (χ2n) is 9.64. The lowest BCUT2D eigenvalue weighted by Gasteiger charge is -2.26. The van der Waals surface area contributed by atoms with Gasteiger partial charge in [-0.2, -0.15) is 0 Å². The largest absolute Gasteiger partial charge is 0.444 e. The molecule has 3 heterocycles. The summed E-state index contributed by atoms with van der Waals surface area (Å²) in [6.07, 6.45) is 5.29. The van der Waals surface area contributed by atoms with Crippen molar-refractivity contribution < 1.29 is 22.9 Å². The maximum atomic E-state index is 12.5. The van der Waals surface area contributed by atoms with E-state index in [4.69, 9.17) is 4.74 Å². The summed E-state index contributed by atoms with van der Waals surface area (Å²) in [7, 11) is -3.24. The number of amides is 1. The molecule has 1 amide bonds. The maximum Gasteiger partial charge on any atom is 0.410 e. The lowest BCUT2D eigenvalue weighted by atomic mass is 10.1. The zero-order valence-electron chi connectivity index (χ0n) is 19.9. The third-order valence-electron chi connectivity index (χ3n) is 5.72. The van der Waals surface area contributed by atoms with Crippen LogP contribution in [0, 0.1) is 0 Å². The van der Waals surface area contributed by atoms with Gasteiger partial charge in [0.1, 0.15) is 10.3 Å². The average Bonchev–Trinajstić information content (AvgIpc) is 3.05. The number of nitrogens with zero attached hydrogens (tertiary/aromatic N) is 2. The number of ether oxygens (including phenoxy) is 1. The Morgan fingerprint density at radius 1 is 1.21 bits per heavy atom. The molecule has 1 unspecified atom stereocenters. The fraction of sp³-hybridized carbons (Fsp3) is 0.458. The van der Waals surface area contributed by atoms with Crippen LogP contribution >= 0.6 is 11.3 Å². The molecule has 1 aromatic carbocycles. The number of H-pyrrole nitrogens is 1. The van der Waals surface area contributed by atoms with E-state index in [9.17, 15) is 13.2 Å². The highest BCUT2D eigenvalue weighted by Gasteiger charge is 2.27. The number of fused-ring (bicyclic) bond motifs is 1. The number of carbonyl (C=O) groups excluding carboxylic acids is 1. The zero-order valence-corrected chi connectivity index (χ0v) is 21.6. The molecule has 1 aliphatic heterocycles. The first kappa shape index (κ1) is 24.4. The van der Waals surface area contributed by atoms with Crippen LogP contribution < -0.4 is 10.3 Å². The molecule has 182 valence electrons. The van der Waals surface area contributed by atoms with Crippen LogP contribution in [0.1, 0.15) is 40.0 Å². The van der Waals surface area contributed by atoms with Gasteiger partial charge in [0.2, 0.25) is 12.1 Å². The van der Waals surface area contributed by atoms with Crippen LogP contribution in [0.3, 0.4) is 0 Å². The fourth-order valence-electron chi connectivity index (χ4n) is 4.03. The van der Waals surface area contributed by atoms with Crippen LogP contribution in [0.4, 0.5) is 10.6 Å². The van der Waals surface area contributed by atoms with E-state index < -0.39 is 15.4 Å². The van der Waals surface area contributed by atoms with Gasteiger partial charge in [-0.25, -0.2) is 18.2 Å². The van der Waals surface area contributed by atoms with Crippen molar-refractivity contribution in [2.75, 3.05) is 24.7 Å². The van der Waals surface area contributed by atoms with Crippen molar-refractivity contribution in [1.29, 1.82) is 0 Å². The van der Waals surface area contributed by atoms with E-state index in [-0.39, 0.29) is 12.1 Å². The molecule has 2 aromatic heterocycles. The van der Waals surface area contributed by atoms with Crippen LogP contribution in [0.15, 0.2) is 40.9 Å². The fourth-order valence-corrected chi connectivity index (χ4v) is 5.66. The molecule has 1 atom stereocenters. The molecule has 1 fully saturated rings. The Labute approximate surface area is 204 Å². The number of hydrogen-bond donors (Lipinski definition) is 1. The highest BCUT2D eigenvalue weighted by Crippen LogP contribution is 2.35. The van der Waals surface area contributed by atoms with Gasteiger partial charge in [-0.15, -0.1) is 16.3 Å². The topological polar surface area (TPSA) is 103 Å². The number of nitrogens with one attached hydrogen (secondary N) is 2. The SMILES string of the molecule is CC(C)(C)OC(=O)N1CCCC(Nc2[nH+]cnc3c(-c4ccc(S(C)(=O)=O)cc4)csc23)CC1. The number of thiophene rings is 1. The average molecular weight is 504 g/mol. The second kappa shape index (κ2) is 9.50. The van der Waals surface area contributed by atoms with Crippen LogP contribution in [0.2, 0.25) is 0 Å². The van der Waals surface area contributed by atoms with Crippen molar-refractivity contribution >= 4 is 43.3 Å². The first-order valence-electron chi connectivity index (χ1n) is 11.3. The van der Waals surface area contributed by atoms with Crippen molar-refractivity contribution in [3.05, 3.63) is 36.0 Å². The Hall–Kier alpha value is -2.72. The first-order valence-corrected chi connectivity index (χ1v) is 14.1. The van der Waals surface area contributed by atoms with Gasteiger partial charge in [-0.3, -0.25) is 0 Å². The number of hydrogen-bond acceptors (Lipinski definition) is 7. The monoisotopic (exact) mass is 503 g/mol. The van der Waals surface area contributed by atoms with E-state index in [1.54, 1.807) is 34.7 Å². The minimum absolute atomic E-state index is 0.217. The Bertz CT molecular complexity index is 1280. The third-order valence-corrected chi connectivity index (χ3v) is 7.83. The molecule has 0 aliphatic carbocycles. The molecule has 0 bridgehead atoms.